The summed E-state index contributed by atoms with van der Waals surface area (Å²) in [7, 11) is 0. The summed E-state index contributed by atoms with van der Waals surface area (Å²) in [4.78, 5) is 0. The predicted molar refractivity (Wildman–Crippen MR) is 67.7 cm³/mol. The van der Waals surface area contributed by atoms with E-state index >= 15 is 0 Å². The molecule has 1 radical (unpaired) electrons. The highest BCUT2D eigenvalue weighted by Crippen LogP contribution is 2.09. The summed E-state index contributed by atoms with van der Waals surface area (Å²) in [5.74, 6) is 0. The van der Waals surface area contributed by atoms with Crippen LogP contribution in [0.15, 0.2) is 0 Å². The second-order valence-electron chi connectivity index (χ2n) is 4.94. The first-order valence-corrected chi connectivity index (χ1v) is 6.94. The minimum absolute atomic E-state index is 0.396. The molecule has 1 unspecified atom stereocenters. The first-order valence-electron chi connectivity index (χ1n) is 6.94. The van der Waals surface area contributed by atoms with Gasteiger partial charge in [-0.2, -0.15) is 0 Å². The normalized spacial score (nSPS) is 27.2. The monoisotopic (exact) mass is 241 g/mol. The lowest BCUT2D eigenvalue weighted by atomic mass is 10.1. The van der Waals surface area contributed by atoms with Crippen LogP contribution in [-0.2, 0) is 9.47 Å². The Bertz CT molecular complexity index is 170. The van der Waals surface area contributed by atoms with Gasteiger partial charge >= 0.3 is 0 Å². The Morgan fingerprint density at radius 3 is 2.71 bits per heavy atom. The van der Waals surface area contributed by atoms with Crippen LogP contribution in [0.3, 0.4) is 0 Å². The van der Waals surface area contributed by atoms with Crippen LogP contribution in [0.4, 0.5) is 0 Å². The van der Waals surface area contributed by atoms with Crippen LogP contribution in [0.5, 0.6) is 0 Å². The molecule has 0 aromatic carbocycles. The number of piperidine rings is 2. The van der Waals surface area contributed by atoms with Crippen LogP contribution in [0, 0.1) is 6.61 Å². The summed E-state index contributed by atoms with van der Waals surface area (Å²) >= 11 is 0. The van der Waals surface area contributed by atoms with Gasteiger partial charge in [0.25, 0.3) is 0 Å². The molecule has 0 saturated carbocycles. The van der Waals surface area contributed by atoms with Gasteiger partial charge in [0, 0.05) is 6.04 Å². The summed E-state index contributed by atoms with van der Waals surface area (Å²) in [5.41, 5.74) is 0. The quantitative estimate of drug-likeness (QED) is 0.683. The van der Waals surface area contributed by atoms with E-state index in [0.717, 1.165) is 39.1 Å². The Hall–Kier alpha value is -0.160. The lowest BCUT2D eigenvalue weighted by Gasteiger charge is -2.24. The molecule has 99 valence electrons. The third kappa shape index (κ3) is 5.34. The summed E-state index contributed by atoms with van der Waals surface area (Å²) in [6, 6.07) is 0.552. The lowest BCUT2D eigenvalue weighted by Crippen LogP contribution is -2.37. The van der Waals surface area contributed by atoms with Gasteiger partial charge in [0.2, 0.25) is 0 Å². The lowest BCUT2D eigenvalue weighted by molar-refractivity contribution is 0.0292. The molecule has 2 saturated heterocycles. The third-order valence-electron chi connectivity index (χ3n) is 3.49. The molecule has 17 heavy (non-hydrogen) atoms. The minimum atomic E-state index is 0.396. The third-order valence-corrected chi connectivity index (χ3v) is 3.49. The second-order valence-corrected chi connectivity index (χ2v) is 4.94. The maximum Gasteiger partial charge on any atom is 0.110 e. The van der Waals surface area contributed by atoms with Gasteiger partial charge in [-0.25, -0.2) is 0 Å². The van der Waals surface area contributed by atoms with Crippen molar-refractivity contribution in [1.82, 2.24) is 10.6 Å². The molecular weight excluding hydrogens is 216 g/mol. The topological polar surface area (TPSA) is 42.5 Å². The van der Waals surface area contributed by atoms with E-state index in [1.54, 1.807) is 0 Å². The van der Waals surface area contributed by atoms with Crippen molar-refractivity contribution < 1.29 is 9.47 Å². The maximum atomic E-state index is 5.66. The fourth-order valence-corrected chi connectivity index (χ4v) is 2.43. The summed E-state index contributed by atoms with van der Waals surface area (Å²) in [6.45, 7) is 6.55. The molecule has 2 aliphatic heterocycles. The van der Waals surface area contributed by atoms with E-state index in [1.807, 2.05) is 6.61 Å². The Morgan fingerprint density at radius 1 is 1.06 bits per heavy atom. The van der Waals surface area contributed by atoms with E-state index < -0.39 is 0 Å². The molecule has 2 aliphatic rings. The molecule has 4 nitrogen and oxygen atoms in total. The molecule has 2 heterocycles. The molecule has 0 aliphatic carbocycles. The largest absolute Gasteiger partial charge is 0.377 e. The molecule has 2 fully saturated rings. The summed E-state index contributed by atoms with van der Waals surface area (Å²) in [5, 5.41) is 6.80. The molecular formula is C13H25N2O2. The van der Waals surface area contributed by atoms with Gasteiger partial charge in [-0.15, -0.1) is 0 Å². The fraction of sp³-hybridized carbons (Fsp3) is 0.923. The number of rotatable bonds is 6. The van der Waals surface area contributed by atoms with Gasteiger partial charge in [0.1, 0.15) is 6.61 Å². The maximum absolute atomic E-state index is 5.66. The zero-order chi connectivity index (χ0) is 11.8. The Labute approximate surface area is 104 Å². The molecule has 2 rings (SSSR count). The van der Waals surface area contributed by atoms with Crippen molar-refractivity contribution >= 4 is 0 Å². The first-order chi connectivity index (χ1) is 8.45. The van der Waals surface area contributed by atoms with E-state index in [9.17, 15) is 0 Å². The molecule has 0 bridgehead atoms. The Morgan fingerprint density at radius 2 is 1.94 bits per heavy atom. The van der Waals surface area contributed by atoms with Crippen molar-refractivity contribution in [2.24, 2.45) is 0 Å². The first kappa shape index (κ1) is 13.3. The van der Waals surface area contributed by atoms with Crippen molar-refractivity contribution in [2.45, 2.75) is 44.2 Å². The highest BCUT2D eigenvalue weighted by molar-refractivity contribution is 4.72. The van der Waals surface area contributed by atoms with Crippen molar-refractivity contribution in [2.75, 3.05) is 32.8 Å². The van der Waals surface area contributed by atoms with Gasteiger partial charge < -0.3 is 20.1 Å². The van der Waals surface area contributed by atoms with Crippen LogP contribution in [0.2, 0.25) is 0 Å². The van der Waals surface area contributed by atoms with Crippen molar-refractivity contribution in [3.8, 4) is 0 Å². The van der Waals surface area contributed by atoms with Gasteiger partial charge in [-0.05, 0) is 45.3 Å². The van der Waals surface area contributed by atoms with Crippen LogP contribution in [0.1, 0.15) is 32.1 Å². The molecule has 0 amide bonds. The van der Waals surface area contributed by atoms with Crippen LogP contribution in [0.25, 0.3) is 0 Å². The number of ether oxygens (including phenoxy) is 2. The zero-order valence-corrected chi connectivity index (χ0v) is 10.6. The predicted octanol–water partition coefficient (Wildman–Crippen LogP) is 1.08. The van der Waals surface area contributed by atoms with Crippen molar-refractivity contribution in [3.63, 3.8) is 0 Å². The summed E-state index contributed by atoms with van der Waals surface area (Å²) in [6.07, 6.45) is 6.50. The van der Waals surface area contributed by atoms with Crippen LogP contribution in [-0.4, -0.2) is 45.0 Å². The average Bonchev–Trinajstić information content (AvgIpc) is 2.41. The minimum Gasteiger partial charge on any atom is -0.377 e. The van der Waals surface area contributed by atoms with E-state index in [2.05, 4.69) is 10.6 Å². The van der Waals surface area contributed by atoms with Gasteiger partial charge in [-0.1, -0.05) is 6.42 Å². The molecule has 0 aromatic rings. The van der Waals surface area contributed by atoms with E-state index in [4.69, 9.17) is 9.47 Å². The SMILES string of the molecule is [CH](COCC1CCCCN1)OC1CCNCC1. The number of hydrogen-bond donors (Lipinski definition) is 2. The standard InChI is InChI=1S/C13H25N2O2/c1-2-6-15-12(3-1)11-16-9-10-17-13-4-7-14-8-5-13/h10,12-15H,1-9,11H2. The molecule has 0 aromatic heterocycles. The van der Waals surface area contributed by atoms with E-state index in [1.165, 1.54) is 19.3 Å². The summed E-state index contributed by atoms with van der Waals surface area (Å²) < 4.78 is 11.3. The van der Waals surface area contributed by atoms with Gasteiger partial charge in [0.15, 0.2) is 0 Å². The van der Waals surface area contributed by atoms with Crippen molar-refractivity contribution in [3.05, 3.63) is 6.61 Å². The van der Waals surface area contributed by atoms with Crippen molar-refractivity contribution in [1.29, 1.82) is 0 Å². The van der Waals surface area contributed by atoms with E-state index in [0.29, 0.717) is 18.8 Å². The molecule has 4 heteroatoms. The van der Waals surface area contributed by atoms with E-state index in [-0.39, 0.29) is 0 Å². The molecule has 0 spiro atoms. The van der Waals surface area contributed by atoms with Crippen LogP contribution >= 0.6 is 0 Å². The highest BCUT2D eigenvalue weighted by atomic mass is 16.5. The Kier molecular flexibility index (Phi) is 6.27. The smallest absolute Gasteiger partial charge is 0.110 e. The molecule has 1 atom stereocenters. The Balaban J connectivity index is 1.42. The highest BCUT2D eigenvalue weighted by Gasteiger charge is 2.14. The van der Waals surface area contributed by atoms with Crippen LogP contribution < -0.4 is 10.6 Å². The average molecular weight is 241 g/mol. The van der Waals surface area contributed by atoms with Gasteiger partial charge in [-0.3, -0.25) is 0 Å². The zero-order valence-electron chi connectivity index (χ0n) is 10.6. The number of hydrogen-bond acceptors (Lipinski definition) is 4. The second kappa shape index (κ2) is 8.03. The number of nitrogens with one attached hydrogen (secondary N) is 2. The molecule has 2 N–H and O–H groups in total. The fourth-order valence-electron chi connectivity index (χ4n) is 2.43. The van der Waals surface area contributed by atoms with Gasteiger partial charge in [0.05, 0.1) is 19.3 Å².